The first-order valence-corrected chi connectivity index (χ1v) is 6.70. The maximum Gasteiger partial charge on any atom is 0.320 e. The van der Waals surface area contributed by atoms with Crippen LogP contribution in [0.4, 0.5) is 0 Å². The van der Waals surface area contributed by atoms with Crippen LogP contribution in [-0.4, -0.2) is 35.9 Å². The lowest BCUT2D eigenvalue weighted by Gasteiger charge is -2.20. The number of hydrogen-bond donors (Lipinski definition) is 3. The molecule has 0 bridgehead atoms. The normalized spacial score (nSPS) is 13.8. The molecule has 0 radical (unpaired) electrons. The molecule has 0 aliphatic heterocycles. The smallest absolute Gasteiger partial charge is 0.320 e. The van der Waals surface area contributed by atoms with Crippen LogP contribution in [0.1, 0.15) is 36.1 Å². The van der Waals surface area contributed by atoms with E-state index in [-0.39, 0.29) is 6.54 Å². The molecule has 2 unspecified atom stereocenters. The van der Waals surface area contributed by atoms with E-state index in [2.05, 4.69) is 5.32 Å². The summed E-state index contributed by atoms with van der Waals surface area (Å²) in [5, 5.41) is 22.1. The Labute approximate surface area is 119 Å². The lowest BCUT2D eigenvalue weighted by atomic mass is 9.97. The van der Waals surface area contributed by atoms with E-state index < -0.39 is 18.1 Å². The van der Waals surface area contributed by atoms with E-state index in [1.165, 1.54) is 0 Å². The molecule has 2 atom stereocenters. The zero-order chi connectivity index (χ0) is 15.3. The number of carboxylic acids is 1. The first-order chi connectivity index (χ1) is 9.40. The van der Waals surface area contributed by atoms with Gasteiger partial charge in [0.25, 0.3) is 0 Å². The lowest BCUT2D eigenvalue weighted by Crippen LogP contribution is -2.38. The van der Waals surface area contributed by atoms with E-state index in [0.29, 0.717) is 6.42 Å². The fourth-order valence-corrected chi connectivity index (χ4v) is 2.34. The average molecular weight is 281 g/mol. The minimum atomic E-state index is -0.900. The number of hydrogen-bond acceptors (Lipinski definition) is 4. The van der Waals surface area contributed by atoms with Gasteiger partial charge in [0.2, 0.25) is 0 Å². The predicted molar refractivity (Wildman–Crippen MR) is 77.1 cm³/mol. The highest BCUT2D eigenvalue weighted by Crippen LogP contribution is 2.26. The second-order valence-electron chi connectivity index (χ2n) is 4.90. The van der Waals surface area contributed by atoms with Crippen LogP contribution in [0, 0.1) is 13.8 Å². The molecule has 0 aromatic heterocycles. The van der Waals surface area contributed by atoms with Crippen LogP contribution in [0.5, 0.6) is 5.75 Å². The molecule has 0 fully saturated rings. The van der Waals surface area contributed by atoms with E-state index in [4.69, 9.17) is 9.84 Å². The van der Waals surface area contributed by atoms with Crippen molar-refractivity contribution in [1.29, 1.82) is 0 Å². The quantitative estimate of drug-likeness (QED) is 0.710. The van der Waals surface area contributed by atoms with Gasteiger partial charge in [-0.05, 0) is 49.1 Å². The van der Waals surface area contributed by atoms with E-state index in [0.717, 1.165) is 22.4 Å². The number of aliphatic hydroxyl groups excluding tert-OH is 1. The number of nitrogens with one attached hydrogen (secondary N) is 1. The number of rotatable bonds is 7. The van der Waals surface area contributed by atoms with E-state index in [1.807, 2.05) is 26.0 Å². The molecule has 5 heteroatoms. The topological polar surface area (TPSA) is 78.8 Å². The molecule has 5 nitrogen and oxygen atoms in total. The first-order valence-electron chi connectivity index (χ1n) is 6.70. The van der Waals surface area contributed by atoms with Crippen LogP contribution in [0.3, 0.4) is 0 Å². The molecule has 1 rings (SSSR count). The molecular formula is C15H23NO4. The third-order valence-corrected chi connectivity index (χ3v) is 3.40. The van der Waals surface area contributed by atoms with Crippen molar-refractivity contribution >= 4 is 5.97 Å². The molecule has 0 aliphatic rings. The number of benzene rings is 1. The van der Waals surface area contributed by atoms with Gasteiger partial charge in [0.05, 0.1) is 13.2 Å². The lowest BCUT2D eigenvalue weighted by molar-refractivity contribution is -0.139. The van der Waals surface area contributed by atoms with Gasteiger partial charge in [-0.15, -0.1) is 0 Å². The fourth-order valence-electron chi connectivity index (χ4n) is 2.34. The van der Waals surface area contributed by atoms with Crippen LogP contribution >= 0.6 is 0 Å². The van der Waals surface area contributed by atoms with Crippen molar-refractivity contribution in [2.75, 3.05) is 13.7 Å². The maximum atomic E-state index is 10.9. The Morgan fingerprint density at radius 2 is 1.90 bits per heavy atom. The Hall–Kier alpha value is -1.59. The molecule has 3 N–H and O–H groups in total. The number of aryl methyl sites for hydroxylation is 2. The van der Waals surface area contributed by atoms with Crippen LogP contribution in [-0.2, 0) is 4.79 Å². The molecule has 112 valence electrons. The van der Waals surface area contributed by atoms with E-state index >= 15 is 0 Å². The number of aliphatic carboxylic acids is 1. The van der Waals surface area contributed by atoms with Crippen LogP contribution in [0.15, 0.2) is 12.1 Å². The van der Waals surface area contributed by atoms with Gasteiger partial charge >= 0.3 is 5.97 Å². The maximum absolute atomic E-state index is 10.9. The van der Waals surface area contributed by atoms with Gasteiger partial charge in [-0.2, -0.15) is 0 Å². The second-order valence-corrected chi connectivity index (χ2v) is 4.90. The predicted octanol–water partition coefficient (Wildman–Crippen LogP) is 1.80. The number of carbonyl (C=O) groups is 1. The third kappa shape index (κ3) is 3.95. The van der Waals surface area contributed by atoms with Crippen molar-refractivity contribution in [3.05, 3.63) is 28.8 Å². The largest absolute Gasteiger partial charge is 0.497 e. The zero-order valence-corrected chi connectivity index (χ0v) is 12.4. The summed E-state index contributed by atoms with van der Waals surface area (Å²) in [4.78, 5) is 10.9. The Morgan fingerprint density at radius 3 is 2.30 bits per heavy atom. The summed E-state index contributed by atoms with van der Waals surface area (Å²) in [6.45, 7) is 5.81. The van der Waals surface area contributed by atoms with Gasteiger partial charge in [-0.1, -0.05) is 6.92 Å². The molecule has 0 aliphatic carbocycles. The molecule has 0 saturated carbocycles. The monoisotopic (exact) mass is 281 g/mol. The minimum Gasteiger partial charge on any atom is -0.497 e. The SMILES string of the molecule is CCC(NCC(O)c1c(C)cc(OC)cc1C)C(=O)O. The van der Waals surface area contributed by atoms with Crippen molar-refractivity contribution in [2.24, 2.45) is 0 Å². The zero-order valence-electron chi connectivity index (χ0n) is 12.4. The van der Waals surface area contributed by atoms with Gasteiger partial charge < -0.3 is 20.3 Å². The minimum absolute atomic E-state index is 0.207. The summed E-state index contributed by atoms with van der Waals surface area (Å²) in [7, 11) is 1.60. The van der Waals surface area contributed by atoms with Crippen LogP contribution in [0.25, 0.3) is 0 Å². The van der Waals surface area contributed by atoms with Crippen molar-refractivity contribution in [1.82, 2.24) is 5.32 Å². The molecule has 0 saturated heterocycles. The summed E-state index contributed by atoms with van der Waals surface area (Å²) in [6, 6.07) is 3.09. The Balaban J connectivity index is 2.82. The summed E-state index contributed by atoms with van der Waals surface area (Å²) < 4.78 is 5.18. The number of aliphatic hydroxyl groups is 1. The van der Waals surface area contributed by atoms with Crippen LogP contribution in [0.2, 0.25) is 0 Å². The standard InChI is InChI=1S/C15H23NO4/c1-5-12(15(18)19)16-8-13(17)14-9(2)6-11(20-4)7-10(14)3/h6-7,12-13,16-17H,5,8H2,1-4H3,(H,18,19). The summed E-state index contributed by atoms with van der Waals surface area (Å²) in [5.41, 5.74) is 2.68. The molecule has 20 heavy (non-hydrogen) atoms. The van der Waals surface area contributed by atoms with Gasteiger partial charge in [0.1, 0.15) is 11.8 Å². The van der Waals surface area contributed by atoms with Gasteiger partial charge in [0, 0.05) is 6.54 Å². The fraction of sp³-hybridized carbons (Fsp3) is 0.533. The Kier molecular flexibility index (Phi) is 5.98. The Bertz CT molecular complexity index is 450. The number of carboxylic acid groups (broad SMARTS) is 1. The van der Waals surface area contributed by atoms with Crippen LogP contribution < -0.4 is 10.1 Å². The molecule has 0 amide bonds. The molecule has 0 spiro atoms. The summed E-state index contributed by atoms with van der Waals surface area (Å²) >= 11 is 0. The molecule has 1 aromatic rings. The Morgan fingerprint density at radius 1 is 1.35 bits per heavy atom. The highest BCUT2D eigenvalue weighted by molar-refractivity contribution is 5.73. The van der Waals surface area contributed by atoms with Crippen molar-refractivity contribution in [3.63, 3.8) is 0 Å². The van der Waals surface area contributed by atoms with E-state index in [1.54, 1.807) is 14.0 Å². The van der Waals surface area contributed by atoms with Gasteiger partial charge in [-0.3, -0.25) is 4.79 Å². The molecule has 0 heterocycles. The van der Waals surface area contributed by atoms with Crippen molar-refractivity contribution in [2.45, 2.75) is 39.3 Å². The molecular weight excluding hydrogens is 258 g/mol. The second kappa shape index (κ2) is 7.26. The van der Waals surface area contributed by atoms with Crippen molar-refractivity contribution in [3.8, 4) is 5.75 Å². The van der Waals surface area contributed by atoms with Gasteiger partial charge in [-0.25, -0.2) is 0 Å². The first kappa shape index (κ1) is 16.5. The highest BCUT2D eigenvalue weighted by atomic mass is 16.5. The molecule has 1 aromatic carbocycles. The third-order valence-electron chi connectivity index (χ3n) is 3.40. The summed E-state index contributed by atoms with van der Waals surface area (Å²) in [5.74, 6) is -0.149. The van der Waals surface area contributed by atoms with Gasteiger partial charge in [0.15, 0.2) is 0 Å². The number of methoxy groups -OCH3 is 1. The van der Waals surface area contributed by atoms with Crippen molar-refractivity contribution < 1.29 is 19.7 Å². The average Bonchev–Trinajstić information content (AvgIpc) is 2.37. The summed E-state index contributed by atoms with van der Waals surface area (Å²) in [6.07, 6.45) is -0.267. The van der Waals surface area contributed by atoms with E-state index in [9.17, 15) is 9.90 Å². The number of ether oxygens (including phenoxy) is 1. The highest BCUT2D eigenvalue weighted by Gasteiger charge is 2.19.